The second kappa shape index (κ2) is 9.29. The minimum Gasteiger partial charge on any atom is -0.507 e. The van der Waals surface area contributed by atoms with Gasteiger partial charge in [-0.1, -0.05) is 35.1 Å². The normalized spacial score (nSPS) is 17.1. The van der Waals surface area contributed by atoms with Crippen LogP contribution in [0.5, 0.6) is 11.5 Å². The molecule has 1 aliphatic heterocycles. The fourth-order valence-corrected chi connectivity index (χ4v) is 5.47. The lowest BCUT2D eigenvalue weighted by atomic mass is 9.95. The van der Waals surface area contributed by atoms with Crippen LogP contribution in [0.25, 0.3) is 16.0 Å². The Morgan fingerprint density at radius 2 is 1.72 bits per heavy atom. The number of Topliss-reactive ketones (excluding diaryl/α,β-unsaturated/α-hetero) is 1. The number of halogens is 1. The number of nitrogens with zero attached hydrogens (tertiary/aromatic N) is 2. The SMILES string of the molecule is COc1ccc([C@@H]2C(=C(O)c3ccc(Cl)cc3)C(=O)C(=O)N2c2nc3ccc(C)cc3s2)cc1OC. The molecule has 1 saturated heterocycles. The summed E-state index contributed by atoms with van der Waals surface area (Å²) in [7, 11) is 3.02. The van der Waals surface area contributed by atoms with Crippen LogP contribution in [0.3, 0.4) is 0 Å². The Bertz CT molecular complexity index is 1540. The van der Waals surface area contributed by atoms with Crippen LogP contribution in [0.4, 0.5) is 5.13 Å². The number of aromatic nitrogens is 1. The average Bonchev–Trinajstić information content (AvgIpc) is 3.41. The van der Waals surface area contributed by atoms with E-state index in [0.29, 0.717) is 38.3 Å². The zero-order chi connectivity index (χ0) is 25.6. The number of methoxy groups -OCH3 is 2. The van der Waals surface area contributed by atoms with Crippen molar-refractivity contribution in [3.8, 4) is 11.5 Å². The van der Waals surface area contributed by atoms with Crippen LogP contribution in [0, 0.1) is 6.92 Å². The third kappa shape index (κ3) is 3.98. The van der Waals surface area contributed by atoms with E-state index in [0.717, 1.165) is 10.3 Å². The number of hydrogen-bond donors (Lipinski definition) is 1. The highest BCUT2D eigenvalue weighted by Crippen LogP contribution is 2.45. The van der Waals surface area contributed by atoms with E-state index in [1.54, 1.807) is 42.5 Å². The number of amides is 1. The summed E-state index contributed by atoms with van der Waals surface area (Å²) < 4.78 is 11.7. The van der Waals surface area contributed by atoms with Crippen molar-refractivity contribution in [3.05, 3.63) is 87.9 Å². The van der Waals surface area contributed by atoms with E-state index in [2.05, 4.69) is 4.98 Å². The third-order valence-corrected chi connectivity index (χ3v) is 7.29. The summed E-state index contributed by atoms with van der Waals surface area (Å²) in [5.41, 5.74) is 2.63. The highest BCUT2D eigenvalue weighted by Gasteiger charge is 2.48. The first kappa shape index (κ1) is 23.8. The third-order valence-electron chi connectivity index (χ3n) is 6.02. The predicted octanol–water partition coefficient (Wildman–Crippen LogP) is 5.90. The molecule has 1 aliphatic rings. The van der Waals surface area contributed by atoms with Crippen molar-refractivity contribution in [2.24, 2.45) is 0 Å². The van der Waals surface area contributed by atoms with Crippen LogP contribution >= 0.6 is 22.9 Å². The lowest BCUT2D eigenvalue weighted by Gasteiger charge is -2.23. The van der Waals surface area contributed by atoms with Gasteiger partial charge in [0.2, 0.25) is 0 Å². The quantitative estimate of drug-likeness (QED) is 0.200. The molecule has 2 heterocycles. The zero-order valence-electron chi connectivity index (χ0n) is 19.6. The van der Waals surface area contributed by atoms with Gasteiger partial charge in [-0.05, 0) is 66.6 Å². The topological polar surface area (TPSA) is 89.0 Å². The Morgan fingerprint density at radius 3 is 2.42 bits per heavy atom. The van der Waals surface area contributed by atoms with Crippen LogP contribution < -0.4 is 14.4 Å². The van der Waals surface area contributed by atoms with Gasteiger partial charge in [-0.2, -0.15) is 0 Å². The second-order valence-electron chi connectivity index (χ2n) is 8.26. The van der Waals surface area contributed by atoms with Gasteiger partial charge >= 0.3 is 5.91 Å². The van der Waals surface area contributed by atoms with E-state index in [1.165, 1.54) is 30.5 Å². The van der Waals surface area contributed by atoms with Crippen LogP contribution in [-0.4, -0.2) is 36.0 Å². The molecule has 182 valence electrons. The van der Waals surface area contributed by atoms with E-state index in [-0.39, 0.29) is 11.3 Å². The molecule has 0 bridgehead atoms. The summed E-state index contributed by atoms with van der Waals surface area (Å²) >= 11 is 7.31. The number of carbonyl (C=O) groups is 2. The van der Waals surface area contributed by atoms with E-state index >= 15 is 0 Å². The molecule has 36 heavy (non-hydrogen) atoms. The molecular formula is C27H21ClN2O5S. The number of aliphatic hydroxyl groups is 1. The molecule has 0 radical (unpaired) electrons. The van der Waals surface area contributed by atoms with E-state index in [9.17, 15) is 14.7 Å². The van der Waals surface area contributed by atoms with Gasteiger partial charge in [-0.3, -0.25) is 14.5 Å². The van der Waals surface area contributed by atoms with E-state index in [1.807, 2.05) is 25.1 Å². The van der Waals surface area contributed by atoms with Gasteiger partial charge < -0.3 is 14.6 Å². The molecule has 0 unspecified atom stereocenters. The van der Waals surface area contributed by atoms with Crippen LogP contribution in [0.2, 0.25) is 5.02 Å². The van der Waals surface area contributed by atoms with Crippen LogP contribution in [-0.2, 0) is 9.59 Å². The van der Waals surface area contributed by atoms with E-state index in [4.69, 9.17) is 21.1 Å². The van der Waals surface area contributed by atoms with Crippen molar-refractivity contribution in [1.82, 2.24) is 4.98 Å². The molecule has 3 aromatic carbocycles. The van der Waals surface area contributed by atoms with Crippen molar-refractivity contribution in [3.63, 3.8) is 0 Å². The Morgan fingerprint density at radius 1 is 1.00 bits per heavy atom. The van der Waals surface area contributed by atoms with Crippen molar-refractivity contribution in [1.29, 1.82) is 0 Å². The standard InChI is InChI=1S/C27H21ClN2O5S/c1-14-4-10-18-21(12-14)36-27(29-18)30-23(16-7-11-19(34-2)20(13-16)35-3)22(25(32)26(30)33)24(31)15-5-8-17(28)9-6-15/h4-13,23,31H,1-3H3/t23-/m1/s1. The van der Waals surface area contributed by atoms with Gasteiger partial charge in [0.1, 0.15) is 5.76 Å². The number of ether oxygens (including phenoxy) is 2. The zero-order valence-corrected chi connectivity index (χ0v) is 21.2. The average molecular weight is 521 g/mol. The van der Waals surface area contributed by atoms with Crippen LogP contribution in [0.1, 0.15) is 22.7 Å². The van der Waals surface area contributed by atoms with Gasteiger partial charge in [-0.15, -0.1) is 0 Å². The molecular weight excluding hydrogens is 500 g/mol. The summed E-state index contributed by atoms with van der Waals surface area (Å²) in [4.78, 5) is 32.8. The minimum absolute atomic E-state index is 0.0509. The molecule has 0 spiro atoms. The molecule has 0 saturated carbocycles. The molecule has 9 heteroatoms. The highest BCUT2D eigenvalue weighted by molar-refractivity contribution is 7.22. The summed E-state index contributed by atoms with van der Waals surface area (Å²) in [6.07, 6.45) is 0. The first-order valence-electron chi connectivity index (χ1n) is 11.0. The van der Waals surface area contributed by atoms with Gasteiger partial charge in [0.25, 0.3) is 5.78 Å². The largest absolute Gasteiger partial charge is 0.507 e. The maximum Gasteiger partial charge on any atom is 0.301 e. The summed E-state index contributed by atoms with van der Waals surface area (Å²) in [5, 5.41) is 12.1. The van der Waals surface area contributed by atoms with Gasteiger partial charge in [0, 0.05) is 10.6 Å². The molecule has 1 atom stereocenters. The predicted molar refractivity (Wildman–Crippen MR) is 140 cm³/mol. The number of aryl methyl sites for hydroxylation is 1. The fraction of sp³-hybridized carbons (Fsp3) is 0.148. The van der Waals surface area contributed by atoms with Crippen molar-refractivity contribution < 1.29 is 24.2 Å². The second-order valence-corrected chi connectivity index (χ2v) is 9.70. The number of hydrogen-bond acceptors (Lipinski definition) is 7. The number of fused-ring (bicyclic) bond motifs is 1. The van der Waals surface area contributed by atoms with Gasteiger partial charge in [0.15, 0.2) is 16.6 Å². The highest BCUT2D eigenvalue weighted by atomic mass is 35.5. The molecule has 7 nitrogen and oxygen atoms in total. The minimum atomic E-state index is -0.942. The Hall–Kier alpha value is -3.88. The van der Waals surface area contributed by atoms with Crippen molar-refractivity contribution in [2.75, 3.05) is 19.1 Å². The molecule has 1 fully saturated rings. The van der Waals surface area contributed by atoms with Crippen LogP contribution in [0.15, 0.2) is 66.2 Å². The maximum atomic E-state index is 13.4. The van der Waals surface area contributed by atoms with E-state index < -0.39 is 17.7 Å². The van der Waals surface area contributed by atoms with Gasteiger partial charge in [-0.25, -0.2) is 4.98 Å². The number of thiazole rings is 1. The molecule has 5 rings (SSSR count). The molecule has 1 N–H and O–H groups in total. The number of rotatable bonds is 5. The number of benzene rings is 3. The summed E-state index contributed by atoms with van der Waals surface area (Å²) in [6.45, 7) is 1.97. The summed E-state index contributed by atoms with van der Waals surface area (Å²) in [6, 6.07) is 16.4. The molecule has 0 aliphatic carbocycles. The van der Waals surface area contributed by atoms with Gasteiger partial charge in [0.05, 0.1) is 36.1 Å². The number of aliphatic hydroxyl groups excluding tert-OH is 1. The number of ketones is 1. The van der Waals surface area contributed by atoms with Crippen molar-refractivity contribution >= 4 is 55.7 Å². The first-order chi connectivity index (χ1) is 17.3. The smallest absolute Gasteiger partial charge is 0.301 e. The number of carbonyl (C=O) groups excluding carboxylic acids is 2. The number of anilines is 1. The Kier molecular flexibility index (Phi) is 6.15. The fourth-order valence-electron chi connectivity index (χ4n) is 4.25. The van der Waals surface area contributed by atoms with Crippen molar-refractivity contribution in [2.45, 2.75) is 13.0 Å². The molecule has 1 amide bonds. The molecule has 1 aromatic heterocycles. The maximum absolute atomic E-state index is 13.4. The monoisotopic (exact) mass is 520 g/mol. The first-order valence-corrected chi connectivity index (χ1v) is 12.2. The lowest BCUT2D eigenvalue weighted by molar-refractivity contribution is -0.132. The summed E-state index contributed by atoms with van der Waals surface area (Å²) in [5.74, 6) is -0.971. The Balaban J connectivity index is 1.75. The Labute approximate surface area is 216 Å². The lowest BCUT2D eigenvalue weighted by Crippen LogP contribution is -2.29. The molecule has 4 aromatic rings.